The largest absolute Gasteiger partial charge is 0.467 e. The van der Waals surface area contributed by atoms with Gasteiger partial charge in [0.1, 0.15) is 12.1 Å². The Balaban J connectivity index is 0.000000194. The van der Waals surface area contributed by atoms with Gasteiger partial charge >= 0.3 is 11.9 Å². The molecule has 2 heterocycles. The number of amides is 2. The van der Waals surface area contributed by atoms with Gasteiger partial charge in [-0.2, -0.15) is 0 Å². The lowest BCUT2D eigenvalue weighted by molar-refractivity contribution is -0.151. The van der Waals surface area contributed by atoms with Crippen LogP contribution in [0.5, 0.6) is 0 Å². The summed E-state index contributed by atoms with van der Waals surface area (Å²) in [5.74, 6) is -1.53. The summed E-state index contributed by atoms with van der Waals surface area (Å²) in [6, 6.07) is 37.3. The van der Waals surface area contributed by atoms with Crippen LogP contribution in [0.4, 0.5) is 0 Å². The molecular weight excluding hydrogens is 630 g/mol. The molecule has 2 aliphatic heterocycles. The van der Waals surface area contributed by atoms with Crippen molar-refractivity contribution in [3.05, 3.63) is 144 Å². The van der Waals surface area contributed by atoms with Crippen LogP contribution in [0.15, 0.2) is 121 Å². The second-order valence-electron chi connectivity index (χ2n) is 12.9. The first-order valence-electron chi connectivity index (χ1n) is 16.9. The van der Waals surface area contributed by atoms with E-state index >= 15 is 0 Å². The second kappa shape index (κ2) is 16.9. The molecule has 9 nitrogen and oxygen atoms in total. The molecule has 0 aliphatic carbocycles. The topological polar surface area (TPSA) is 119 Å². The van der Waals surface area contributed by atoms with Crippen LogP contribution < -0.4 is 5.73 Å². The first-order valence-corrected chi connectivity index (χ1v) is 16.9. The lowest BCUT2D eigenvalue weighted by atomic mass is 9.90. The van der Waals surface area contributed by atoms with E-state index in [9.17, 15) is 19.2 Å². The minimum absolute atomic E-state index is 0.0443. The number of carbonyl (C=O) groups excluding carboxylic acids is 4. The smallest absolute Gasteiger partial charge is 0.328 e. The van der Waals surface area contributed by atoms with Gasteiger partial charge in [0.25, 0.3) is 0 Å². The summed E-state index contributed by atoms with van der Waals surface area (Å²) in [5.41, 5.74) is 9.67. The number of hydrogen-bond acceptors (Lipinski definition) is 7. The van der Waals surface area contributed by atoms with Gasteiger partial charge in [0.05, 0.1) is 26.1 Å². The van der Waals surface area contributed by atoms with E-state index in [2.05, 4.69) is 6.92 Å². The molecule has 2 N–H and O–H groups in total. The Morgan fingerprint density at radius 3 is 1.22 bits per heavy atom. The van der Waals surface area contributed by atoms with E-state index in [0.29, 0.717) is 25.9 Å². The van der Waals surface area contributed by atoms with Crippen LogP contribution in [0.3, 0.4) is 0 Å². The fraction of sp³-hybridized carbons (Fsp3) is 0.317. The minimum Gasteiger partial charge on any atom is -0.467 e. The van der Waals surface area contributed by atoms with Crippen molar-refractivity contribution < 1.29 is 28.7 Å². The summed E-state index contributed by atoms with van der Waals surface area (Å²) < 4.78 is 9.79. The van der Waals surface area contributed by atoms with Gasteiger partial charge in [0.15, 0.2) is 0 Å². The fourth-order valence-corrected chi connectivity index (χ4v) is 6.99. The number of esters is 2. The number of methoxy groups -OCH3 is 2. The zero-order chi connectivity index (χ0) is 35.6. The van der Waals surface area contributed by atoms with E-state index < -0.39 is 29.9 Å². The first-order chi connectivity index (χ1) is 24.2. The first kappa shape index (κ1) is 36.0. The molecule has 4 atom stereocenters. The molecule has 9 heteroatoms. The van der Waals surface area contributed by atoms with Gasteiger partial charge in [-0.1, -0.05) is 128 Å². The quantitative estimate of drug-likeness (QED) is 0.257. The maximum absolute atomic E-state index is 13.4. The molecule has 2 saturated heterocycles. The van der Waals surface area contributed by atoms with Crippen LogP contribution in [-0.2, 0) is 28.7 Å². The molecule has 2 fully saturated rings. The highest BCUT2D eigenvalue weighted by Crippen LogP contribution is 2.33. The molecule has 0 bridgehead atoms. The van der Waals surface area contributed by atoms with Gasteiger partial charge in [0, 0.05) is 19.1 Å². The maximum atomic E-state index is 13.4. The SMILES string of the molecule is COC(=O)[C@@H]1C[C@@H](C)CN1C(=O)C(c1ccccc1)c1ccccc1.COC(=O)[C@@H]1C[C@H](N)CN1C(=O)C(c1ccccc1)c1ccccc1. The van der Waals surface area contributed by atoms with Crippen molar-refractivity contribution >= 4 is 23.8 Å². The minimum atomic E-state index is -0.623. The summed E-state index contributed by atoms with van der Waals surface area (Å²) in [7, 11) is 2.71. The van der Waals surface area contributed by atoms with E-state index in [1.54, 1.807) is 9.80 Å². The monoisotopic (exact) mass is 675 g/mol. The number of hydrogen-bond donors (Lipinski definition) is 1. The number of nitrogens with two attached hydrogens (primary N) is 1. The number of carbonyl (C=O) groups is 4. The molecule has 4 aromatic carbocycles. The van der Waals surface area contributed by atoms with Gasteiger partial charge in [-0.05, 0) is 41.0 Å². The van der Waals surface area contributed by atoms with Crippen LogP contribution in [0.2, 0.25) is 0 Å². The van der Waals surface area contributed by atoms with Crippen molar-refractivity contribution in [3.63, 3.8) is 0 Å². The lowest BCUT2D eigenvalue weighted by Gasteiger charge is -2.28. The Kier molecular flexibility index (Phi) is 12.2. The third kappa shape index (κ3) is 8.29. The van der Waals surface area contributed by atoms with Crippen LogP contribution in [0.25, 0.3) is 0 Å². The molecule has 0 unspecified atom stereocenters. The molecular formula is C41H45N3O6. The molecule has 0 radical (unpaired) electrons. The zero-order valence-electron chi connectivity index (χ0n) is 28.8. The Bertz CT molecular complexity index is 1510. The highest BCUT2D eigenvalue weighted by atomic mass is 16.5. The highest BCUT2D eigenvalue weighted by Gasteiger charge is 2.43. The Morgan fingerprint density at radius 2 is 0.880 bits per heavy atom. The summed E-state index contributed by atoms with van der Waals surface area (Å²) in [6.45, 7) is 2.99. The van der Waals surface area contributed by atoms with Gasteiger partial charge in [-0.3, -0.25) is 9.59 Å². The van der Waals surface area contributed by atoms with Crippen molar-refractivity contribution in [1.29, 1.82) is 0 Å². The predicted molar refractivity (Wildman–Crippen MR) is 191 cm³/mol. The van der Waals surface area contributed by atoms with Crippen molar-refractivity contribution in [2.24, 2.45) is 11.7 Å². The Labute approximate surface area is 294 Å². The van der Waals surface area contributed by atoms with E-state index in [1.807, 2.05) is 121 Å². The molecule has 2 aliphatic rings. The zero-order valence-corrected chi connectivity index (χ0v) is 28.8. The summed E-state index contributed by atoms with van der Waals surface area (Å²) >= 11 is 0. The Hall–Kier alpha value is -5.28. The third-order valence-corrected chi connectivity index (χ3v) is 9.38. The van der Waals surface area contributed by atoms with Crippen LogP contribution in [0.1, 0.15) is 53.9 Å². The van der Waals surface area contributed by atoms with Crippen molar-refractivity contribution in [2.45, 2.75) is 49.7 Å². The van der Waals surface area contributed by atoms with Gasteiger partial charge < -0.3 is 25.0 Å². The van der Waals surface area contributed by atoms with Crippen molar-refractivity contribution in [1.82, 2.24) is 9.80 Å². The summed E-state index contributed by atoms with van der Waals surface area (Å²) in [4.78, 5) is 54.3. The fourth-order valence-electron chi connectivity index (χ4n) is 6.99. The summed E-state index contributed by atoms with van der Waals surface area (Å²) in [5, 5.41) is 0. The normalized spacial score (nSPS) is 19.9. The molecule has 50 heavy (non-hydrogen) atoms. The van der Waals surface area contributed by atoms with E-state index in [4.69, 9.17) is 15.2 Å². The van der Waals surface area contributed by atoms with Crippen LogP contribution >= 0.6 is 0 Å². The summed E-state index contributed by atoms with van der Waals surface area (Å²) in [6.07, 6.45) is 1.07. The maximum Gasteiger partial charge on any atom is 0.328 e. The third-order valence-electron chi connectivity index (χ3n) is 9.38. The molecule has 0 spiro atoms. The molecule has 0 aromatic heterocycles. The number of ether oxygens (including phenoxy) is 2. The predicted octanol–water partition coefficient (Wildman–Crippen LogP) is 5.15. The van der Waals surface area contributed by atoms with E-state index in [-0.39, 0.29) is 29.7 Å². The van der Waals surface area contributed by atoms with Crippen molar-refractivity contribution in [3.8, 4) is 0 Å². The number of benzene rings is 4. The standard InChI is InChI=1S/C21H23NO3.C20H22N2O3/c1-15-13-18(21(24)25-2)22(14-15)20(23)19(16-9-5-3-6-10-16)17-11-7-4-8-12-17;1-25-20(24)17-12-16(21)13-22(17)19(23)18(14-8-4-2-5-9-14)15-10-6-3-7-11-15/h3-12,15,18-19H,13-14H2,1-2H3;2-11,16-18H,12-13,21H2,1H3/t15-,18+;16-,17-/m10/s1. The van der Waals surface area contributed by atoms with Crippen LogP contribution in [0, 0.1) is 5.92 Å². The molecule has 4 aromatic rings. The van der Waals surface area contributed by atoms with Gasteiger partial charge in [-0.15, -0.1) is 0 Å². The average Bonchev–Trinajstić information content (AvgIpc) is 3.75. The molecule has 2 amide bonds. The number of likely N-dealkylation sites (tertiary alicyclic amines) is 2. The van der Waals surface area contributed by atoms with Gasteiger partial charge in [0.2, 0.25) is 11.8 Å². The van der Waals surface area contributed by atoms with Crippen LogP contribution in [-0.4, -0.2) is 79.0 Å². The average molecular weight is 676 g/mol. The van der Waals surface area contributed by atoms with E-state index in [0.717, 1.165) is 22.3 Å². The highest BCUT2D eigenvalue weighted by molar-refractivity contribution is 5.92. The second-order valence-corrected chi connectivity index (χ2v) is 12.9. The number of nitrogens with zero attached hydrogens (tertiary/aromatic N) is 2. The lowest BCUT2D eigenvalue weighted by Crippen LogP contribution is -2.44. The molecule has 0 saturated carbocycles. The van der Waals surface area contributed by atoms with Gasteiger partial charge in [-0.25, -0.2) is 9.59 Å². The molecule has 260 valence electrons. The van der Waals surface area contributed by atoms with E-state index in [1.165, 1.54) is 14.2 Å². The molecule has 6 rings (SSSR count). The van der Waals surface area contributed by atoms with Crippen molar-refractivity contribution in [2.75, 3.05) is 27.3 Å². The Morgan fingerprint density at radius 1 is 0.560 bits per heavy atom. The number of rotatable bonds is 8.